The minimum absolute atomic E-state index is 0.301. The molecule has 5 nitrogen and oxygen atoms in total. The van der Waals surface area contributed by atoms with Crippen LogP contribution in [0.4, 0.5) is 5.69 Å². The van der Waals surface area contributed by atoms with Crippen LogP contribution in [0.15, 0.2) is 24.4 Å². The average Bonchev–Trinajstić information content (AvgIpc) is 2.99. The number of hydrogen-bond donors (Lipinski definition) is 1. The van der Waals surface area contributed by atoms with Crippen molar-refractivity contribution in [3.05, 3.63) is 24.4 Å². The molecule has 0 radical (unpaired) electrons. The van der Waals surface area contributed by atoms with Gasteiger partial charge in [0.05, 0.1) is 23.4 Å². The van der Waals surface area contributed by atoms with E-state index in [1.165, 1.54) is 25.9 Å². The second-order valence-electron chi connectivity index (χ2n) is 5.83. The minimum atomic E-state index is 0.301. The minimum Gasteiger partial charge on any atom is -0.310 e. The predicted octanol–water partition coefficient (Wildman–Crippen LogP) is 1.62. The van der Waals surface area contributed by atoms with E-state index in [4.69, 9.17) is 0 Å². The molecule has 3 saturated heterocycles. The van der Waals surface area contributed by atoms with Crippen LogP contribution in [-0.4, -0.2) is 47.2 Å². The Morgan fingerprint density at radius 3 is 2.90 bits per heavy atom. The van der Waals surface area contributed by atoms with E-state index in [1.54, 1.807) is 0 Å². The van der Waals surface area contributed by atoms with Crippen LogP contribution in [0.3, 0.4) is 0 Å². The standard InChI is InChI=1S/C15H18N4O/c20-10-19(15-9-18-6-4-11(15)5-7-18)14-3-1-2-13-12(14)8-16-17-13/h1-3,8,10-11,15H,4-7,9H2,(H,16,17). The first-order chi connectivity index (χ1) is 9.86. The van der Waals surface area contributed by atoms with Crippen LogP contribution in [0.5, 0.6) is 0 Å². The lowest BCUT2D eigenvalue weighted by atomic mass is 9.83. The van der Waals surface area contributed by atoms with Crippen LogP contribution >= 0.6 is 0 Å². The third kappa shape index (κ3) is 1.73. The fourth-order valence-corrected chi connectivity index (χ4v) is 3.74. The molecule has 3 aliphatic heterocycles. The molecule has 0 spiro atoms. The fourth-order valence-electron chi connectivity index (χ4n) is 3.74. The van der Waals surface area contributed by atoms with Gasteiger partial charge in [0, 0.05) is 11.9 Å². The summed E-state index contributed by atoms with van der Waals surface area (Å²) >= 11 is 0. The summed E-state index contributed by atoms with van der Waals surface area (Å²) in [6.45, 7) is 3.37. The highest BCUT2D eigenvalue weighted by Crippen LogP contribution is 2.35. The van der Waals surface area contributed by atoms with E-state index in [0.29, 0.717) is 12.0 Å². The lowest BCUT2D eigenvalue weighted by Crippen LogP contribution is -2.57. The van der Waals surface area contributed by atoms with Crippen molar-refractivity contribution in [2.75, 3.05) is 24.5 Å². The van der Waals surface area contributed by atoms with Gasteiger partial charge in [-0.3, -0.25) is 9.89 Å². The number of rotatable bonds is 3. The van der Waals surface area contributed by atoms with Gasteiger partial charge >= 0.3 is 0 Å². The number of nitrogens with zero attached hydrogens (tertiary/aromatic N) is 3. The Kier molecular flexibility index (Phi) is 2.73. The Balaban J connectivity index is 1.74. The van der Waals surface area contributed by atoms with E-state index in [0.717, 1.165) is 29.5 Å². The second-order valence-corrected chi connectivity index (χ2v) is 5.83. The fraction of sp³-hybridized carbons (Fsp3) is 0.467. The van der Waals surface area contributed by atoms with E-state index in [1.807, 2.05) is 29.3 Å². The lowest BCUT2D eigenvalue weighted by Gasteiger charge is -2.48. The maximum atomic E-state index is 11.7. The molecular weight excluding hydrogens is 252 g/mol. The van der Waals surface area contributed by atoms with Crippen LogP contribution < -0.4 is 4.90 Å². The number of carbonyl (C=O) groups is 1. The van der Waals surface area contributed by atoms with Crippen molar-refractivity contribution in [1.29, 1.82) is 0 Å². The maximum absolute atomic E-state index is 11.7. The van der Waals surface area contributed by atoms with E-state index >= 15 is 0 Å². The van der Waals surface area contributed by atoms with Gasteiger partial charge in [-0.25, -0.2) is 0 Å². The van der Waals surface area contributed by atoms with Gasteiger partial charge in [-0.2, -0.15) is 5.10 Å². The number of aromatic nitrogens is 2. The first-order valence-electron chi connectivity index (χ1n) is 7.25. The van der Waals surface area contributed by atoms with Gasteiger partial charge in [-0.05, 0) is 44.0 Å². The van der Waals surface area contributed by atoms with E-state index in [2.05, 4.69) is 15.1 Å². The first-order valence-corrected chi connectivity index (χ1v) is 7.25. The number of anilines is 1. The van der Waals surface area contributed by atoms with Gasteiger partial charge in [0.15, 0.2) is 0 Å². The Morgan fingerprint density at radius 1 is 1.35 bits per heavy atom. The lowest BCUT2D eigenvalue weighted by molar-refractivity contribution is -0.108. The largest absolute Gasteiger partial charge is 0.310 e. The molecule has 4 heterocycles. The van der Waals surface area contributed by atoms with Gasteiger partial charge in [0.25, 0.3) is 0 Å². The quantitative estimate of drug-likeness (QED) is 0.862. The van der Waals surface area contributed by atoms with Gasteiger partial charge < -0.3 is 9.80 Å². The Labute approximate surface area is 117 Å². The summed E-state index contributed by atoms with van der Waals surface area (Å²) in [6, 6.07) is 6.29. The molecule has 0 aliphatic carbocycles. The number of aromatic amines is 1. The van der Waals surface area contributed by atoms with Gasteiger partial charge in [-0.1, -0.05) is 6.07 Å². The molecule has 1 unspecified atom stereocenters. The third-order valence-electron chi connectivity index (χ3n) is 4.83. The highest BCUT2D eigenvalue weighted by atomic mass is 16.1. The number of H-pyrrole nitrogens is 1. The predicted molar refractivity (Wildman–Crippen MR) is 77.6 cm³/mol. The van der Waals surface area contributed by atoms with E-state index < -0.39 is 0 Å². The third-order valence-corrected chi connectivity index (χ3v) is 4.83. The topological polar surface area (TPSA) is 52.2 Å². The Bertz CT molecular complexity index is 630. The number of benzene rings is 1. The van der Waals surface area contributed by atoms with Crippen molar-refractivity contribution < 1.29 is 4.79 Å². The summed E-state index contributed by atoms with van der Waals surface area (Å²) in [7, 11) is 0. The summed E-state index contributed by atoms with van der Waals surface area (Å²) in [5.74, 6) is 0.632. The molecule has 1 aromatic heterocycles. The van der Waals surface area contributed by atoms with Gasteiger partial charge in [0.2, 0.25) is 6.41 Å². The molecule has 3 fully saturated rings. The van der Waals surface area contributed by atoms with Crippen molar-refractivity contribution in [3.8, 4) is 0 Å². The van der Waals surface area contributed by atoms with E-state index in [-0.39, 0.29) is 0 Å². The summed E-state index contributed by atoms with van der Waals surface area (Å²) in [4.78, 5) is 16.1. The normalized spacial score (nSPS) is 28.7. The molecule has 3 aliphatic rings. The SMILES string of the molecule is O=CN(c1cccc2[nH]ncc12)C1CN2CCC1CC2. The average molecular weight is 270 g/mol. The zero-order chi connectivity index (χ0) is 13.5. The monoisotopic (exact) mass is 270 g/mol. The van der Waals surface area contributed by atoms with Crippen molar-refractivity contribution in [1.82, 2.24) is 15.1 Å². The van der Waals surface area contributed by atoms with Crippen molar-refractivity contribution >= 4 is 23.0 Å². The van der Waals surface area contributed by atoms with Crippen molar-refractivity contribution in [2.24, 2.45) is 5.92 Å². The van der Waals surface area contributed by atoms with Crippen LogP contribution in [-0.2, 0) is 4.79 Å². The molecule has 1 atom stereocenters. The second kappa shape index (κ2) is 4.59. The summed E-state index contributed by atoms with van der Waals surface area (Å²) in [5.41, 5.74) is 1.96. The molecule has 1 aromatic carbocycles. The molecule has 2 aromatic rings. The van der Waals surface area contributed by atoms with Crippen LogP contribution in [0.1, 0.15) is 12.8 Å². The number of hydrogen-bond acceptors (Lipinski definition) is 3. The number of piperidine rings is 3. The van der Waals surface area contributed by atoms with E-state index in [9.17, 15) is 4.79 Å². The highest BCUT2D eigenvalue weighted by molar-refractivity contribution is 5.96. The molecule has 20 heavy (non-hydrogen) atoms. The molecule has 1 N–H and O–H groups in total. The molecule has 5 heteroatoms. The molecule has 5 rings (SSSR count). The number of carbonyl (C=O) groups excluding carboxylic acids is 1. The smallest absolute Gasteiger partial charge is 0.214 e. The Morgan fingerprint density at radius 2 is 2.20 bits per heavy atom. The summed E-state index contributed by atoms with van der Waals surface area (Å²) in [5, 5.41) is 8.09. The highest BCUT2D eigenvalue weighted by Gasteiger charge is 2.38. The molecule has 0 saturated carbocycles. The summed E-state index contributed by atoms with van der Waals surface area (Å²) < 4.78 is 0. The molecule has 1 amide bonds. The van der Waals surface area contributed by atoms with Gasteiger partial charge in [-0.15, -0.1) is 0 Å². The maximum Gasteiger partial charge on any atom is 0.214 e. The number of amides is 1. The van der Waals surface area contributed by atoms with Crippen molar-refractivity contribution in [2.45, 2.75) is 18.9 Å². The van der Waals surface area contributed by atoms with Gasteiger partial charge in [0.1, 0.15) is 0 Å². The van der Waals surface area contributed by atoms with Crippen molar-refractivity contribution in [3.63, 3.8) is 0 Å². The van der Waals surface area contributed by atoms with Crippen LogP contribution in [0.2, 0.25) is 0 Å². The number of nitrogens with one attached hydrogen (secondary N) is 1. The number of fused-ring (bicyclic) bond motifs is 4. The van der Waals surface area contributed by atoms with Crippen LogP contribution in [0.25, 0.3) is 10.9 Å². The first kappa shape index (κ1) is 11.9. The molecule has 104 valence electrons. The molecular formula is C15H18N4O. The molecule has 2 bridgehead atoms. The summed E-state index contributed by atoms with van der Waals surface area (Å²) in [6.07, 6.45) is 5.21. The zero-order valence-corrected chi connectivity index (χ0v) is 11.3. The zero-order valence-electron chi connectivity index (χ0n) is 11.3. The van der Waals surface area contributed by atoms with Crippen LogP contribution in [0, 0.1) is 5.92 Å². The Hall–Kier alpha value is -1.88.